The number of rotatable bonds is 8. The van der Waals surface area contributed by atoms with Crippen molar-refractivity contribution in [3.8, 4) is 5.75 Å². The zero-order chi connectivity index (χ0) is 21.7. The molecule has 0 fully saturated rings. The van der Waals surface area contributed by atoms with Crippen LogP contribution in [-0.4, -0.2) is 45.8 Å². The number of imidazole rings is 1. The van der Waals surface area contributed by atoms with E-state index in [4.69, 9.17) is 4.74 Å². The Balaban J connectivity index is 2.04. The summed E-state index contributed by atoms with van der Waals surface area (Å²) in [6.45, 7) is 2.04. The molecule has 0 bridgehead atoms. The molecule has 0 aliphatic heterocycles. The second-order valence-corrected chi connectivity index (χ2v) is 6.21. The Hall–Kier alpha value is -3.08. The number of aliphatic hydroxyl groups is 1. The number of hydrogen-bond donors (Lipinski definition) is 3. The van der Waals surface area contributed by atoms with Gasteiger partial charge in [0.2, 0.25) is 11.5 Å². The SMILES string of the molecule is CCNC(=O)COc1ccc(NC(=O)CC(O)(c2nccn2C)C(F)(F)F)cc1. The zero-order valence-corrected chi connectivity index (χ0v) is 15.8. The van der Waals surface area contributed by atoms with Gasteiger partial charge >= 0.3 is 6.18 Å². The normalized spacial score (nSPS) is 13.4. The minimum absolute atomic E-state index is 0.193. The van der Waals surface area contributed by atoms with Crippen LogP contribution in [0.3, 0.4) is 0 Å². The second kappa shape index (κ2) is 8.95. The van der Waals surface area contributed by atoms with Crippen LogP contribution in [0.5, 0.6) is 5.75 Å². The van der Waals surface area contributed by atoms with Crippen LogP contribution < -0.4 is 15.4 Å². The second-order valence-electron chi connectivity index (χ2n) is 6.21. The lowest BCUT2D eigenvalue weighted by Gasteiger charge is -2.29. The minimum Gasteiger partial charge on any atom is -0.484 e. The van der Waals surface area contributed by atoms with Crippen LogP contribution >= 0.6 is 0 Å². The van der Waals surface area contributed by atoms with Crippen molar-refractivity contribution in [2.24, 2.45) is 7.05 Å². The standard InChI is InChI=1S/C18H21F3N4O4/c1-3-22-15(27)11-29-13-6-4-12(5-7-13)24-14(26)10-17(28,18(19,20)21)16-23-8-9-25(16)2/h4-9,28H,3,10-11H2,1-2H3,(H,22,27)(H,24,26). The van der Waals surface area contributed by atoms with E-state index in [-0.39, 0.29) is 18.2 Å². The number of carbonyl (C=O) groups is 2. The fourth-order valence-corrected chi connectivity index (χ4v) is 2.54. The molecule has 1 unspecified atom stereocenters. The van der Waals surface area contributed by atoms with Crippen LogP contribution in [0.4, 0.5) is 18.9 Å². The van der Waals surface area contributed by atoms with Crippen molar-refractivity contribution >= 4 is 17.5 Å². The van der Waals surface area contributed by atoms with E-state index >= 15 is 0 Å². The van der Waals surface area contributed by atoms with Crippen LogP contribution in [0.15, 0.2) is 36.7 Å². The Morgan fingerprint density at radius 3 is 2.38 bits per heavy atom. The van der Waals surface area contributed by atoms with Gasteiger partial charge in [0.1, 0.15) is 5.75 Å². The van der Waals surface area contributed by atoms with Crippen molar-refractivity contribution in [3.63, 3.8) is 0 Å². The number of anilines is 1. The summed E-state index contributed by atoms with van der Waals surface area (Å²) in [5, 5.41) is 15.1. The van der Waals surface area contributed by atoms with Crippen LogP contribution in [-0.2, 0) is 22.2 Å². The molecule has 1 aromatic carbocycles. The first-order valence-electron chi connectivity index (χ1n) is 8.63. The van der Waals surface area contributed by atoms with Gasteiger partial charge in [-0.05, 0) is 31.2 Å². The first kappa shape index (κ1) is 22.2. The minimum atomic E-state index is -5.11. The molecule has 1 aromatic heterocycles. The predicted molar refractivity (Wildman–Crippen MR) is 97.0 cm³/mol. The van der Waals surface area contributed by atoms with Crippen molar-refractivity contribution < 1.29 is 32.6 Å². The molecule has 29 heavy (non-hydrogen) atoms. The van der Waals surface area contributed by atoms with Crippen molar-refractivity contribution in [1.82, 2.24) is 14.9 Å². The number of alkyl halides is 3. The molecule has 2 rings (SSSR count). The summed E-state index contributed by atoms with van der Waals surface area (Å²) >= 11 is 0. The first-order chi connectivity index (χ1) is 13.6. The third-order valence-electron chi connectivity index (χ3n) is 3.96. The van der Waals surface area contributed by atoms with Gasteiger partial charge in [0, 0.05) is 31.7 Å². The Labute approximate surface area is 164 Å². The molecule has 2 amide bonds. The van der Waals surface area contributed by atoms with Gasteiger partial charge in [0.25, 0.3) is 5.91 Å². The molecule has 0 radical (unpaired) electrons. The Morgan fingerprint density at radius 1 is 1.21 bits per heavy atom. The van der Waals surface area contributed by atoms with Gasteiger partial charge in [-0.15, -0.1) is 0 Å². The van der Waals surface area contributed by atoms with Gasteiger partial charge in [-0.3, -0.25) is 9.59 Å². The van der Waals surface area contributed by atoms with E-state index in [0.717, 1.165) is 10.8 Å². The van der Waals surface area contributed by atoms with Gasteiger partial charge in [-0.1, -0.05) is 0 Å². The highest BCUT2D eigenvalue weighted by molar-refractivity contribution is 5.91. The Morgan fingerprint density at radius 2 is 1.86 bits per heavy atom. The summed E-state index contributed by atoms with van der Waals surface area (Å²) in [6.07, 6.45) is -4.04. The highest BCUT2D eigenvalue weighted by atomic mass is 19.4. The van der Waals surface area contributed by atoms with Crippen LogP contribution in [0.2, 0.25) is 0 Å². The number of halogens is 3. The van der Waals surface area contributed by atoms with Gasteiger partial charge in [0.15, 0.2) is 12.4 Å². The molecule has 0 aliphatic carbocycles. The largest absolute Gasteiger partial charge is 0.484 e. The summed E-state index contributed by atoms with van der Waals surface area (Å²) in [4.78, 5) is 27.0. The molecule has 2 aromatic rings. The first-order valence-corrected chi connectivity index (χ1v) is 8.63. The van der Waals surface area contributed by atoms with E-state index in [0.29, 0.717) is 12.3 Å². The quantitative estimate of drug-likeness (QED) is 0.610. The van der Waals surface area contributed by atoms with E-state index in [1.807, 2.05) is 0 Å². The van der Waals surface area contributed by atoms with Crippen LogP contribution in [0, 0.1) is 0 Å². The third kappa shape index (κ3) is 5.47. The molecule has 0 aliphatic rings. The highest BCUT2D eigenvalue weighted by Gasteiger charge is 2.58. The number of aromatic nitrogens is 2. The molecule has 158 valence electrons. The fraction of sp³-hybridized carbons (Fsp3) is 0.389. The monoisotopic (exact) mass is 414 g/mol. The molecule has 1 heterocycles. The maximum Gasteiger partial charge on any atom is 0.425 e. The Bertz CT molecular complexity index is 852. The number of amides is 2. The maximum absolute atomic E-state index is 13.5. The number of likely N-dealkylation sites (N-methyl/N-ethyl adjacent to an activating group) is 1. The summed E-state index contributed by atoms with van der Waals surface area (Å²) in [6, 6.07) is 5.70. The fourth-order valence-electron chi connectivity index (χ4n) is 2.54. The topological polar surface area (TPSA) is 105 Å². The summed E-state index contributed by atoms with van der Waals surface area (Å²) in [7, 11) is 1.29. The molecular weight excluding hydrogens is 393 g/mol. The number of benzene rings is 1. The summed E-state index contributed by atoms with van der Waals surface area (Å²) < 4.78 is 46.7. The lowest BCUT2D eigenvalue weighted by molar-refractivity contribution is -0.270. The van der Waals surface area contributed by atoms with E-state index in [2.05, 4.69) is 15.6 Å². The molecule has 1 atom stereocenters. The smallest absolute Gasteiger partial charge is 0.425 e. The molecular formula is C18H21F3N4O4. The Kier molecular flexibility index (Phi) is 6.85. The van der Waals surface area contributed by atoms with Crippen molar-refractivity contribution in [2.75, 3.05) is 18.5 Å². The number of aryl methyl sites for hydroxylation is 1. The molecule has 0 saturated carbocycles. The van der Waals surface area contributed by atoms with Crippen LogP contribution in [0.1, 0.15) is 19.2 Å². The average molecular weight is 414 g/mol. The van der Waals surface area contributed by atoms with Crippen molar-refractivity contribution in [2.45, 2.75) is 25.1 Å². The molecule has 3 N–H and O–H groups in total. The van der Waals surface area contributed by atoms with Gasteiger partial charge < -0.3 is 25.0 Å². The number of carbonyl (C=O) groups excluding carboxylic acids is 2. The van der Waals surface area contributed by atoms with Gasteiger partial charge in [-0.25, -0.2) is 4.98 Å². The van der Waals surface area contributed by atoms with Crippen molar-refractivity contribution in [3.05, 3.63) is 42.5 Å². The number of ether oxygens (including phenoxy) is 1. The number of nitrogens with one attached hydrogen (secondary N) is 2. The average Bonchev–Trinajstić information content (AvgIpc) is 3.07. The zero-order valence-electron chi connectivity index (χ0n) is 15.8. The number of nitrogens with zero attached hydrogens (tertiary/aromatic N) is 2. The maximum atomic E-state index is 13.5. The van der Waals surface area contributed by atoms with Crippen LogP contribution in [0.25, 0.3) is 0 Å². The van der Waals surface area contributed by atoms with E-state index in [1.54, 1.807) is 6.92 Å². The molecule has 0 saturated heterocycles. The molecule has 0 spiro atoms. The van der Waals surface area contributed by atoms with Crippen molar-refractivity contribution in [1.29, 1.82) is 0 Å². The summed E-state index contributed by atoms with van der Waals surface area (Å²) in [5.74, 6) is -1.70. The van der Waals surface area contributed by atoms with Gasteiger partial charge in [-0.2, -0.15) is 13.2 Å². The number of hydrogen-bond acceptors (Lipinski definition) is 5. The lowest BCUT2D eigenvalue weighted by atomic mass is 9.97. The summed E-state index contributed by atoms with van der Waals surface area (Å²) in [5.41, 5.74) is -3.24. The predicted octanol–water partition coefficient (Wildman–Crippen LogP) is 1.71. The van der Waals surface area contributed by atoms with E-state index in [1.165, 1.54) is 37.5 Å². The third-order valence-corrected chi connectivity index (χ3v) is 3.96. The lowest BCUT2D eigenvalue weighted by Crippen LogP contribution is -2.46. The molecule has 11 heteroatoms. The highest BCUT2D eigenvalue weighted by Crippen LogP contribution is 2.40. The van der Waals surface area contributed by atoms with E-state index < -0.39 is 29.9 Å². The van der Waals surface area contributed by atoms with E-state index in [9.17, 15) is 27.9 Å². The molecule has 8 nitrogen and oxygen atoms in total. The van der Waals surface area contributed by atoms with Gasteiger partial charge in [0.05, 0.1) is 6.42 Å².